The van der Waals surface area contributed by atoms with Crippen LogP contribution in [0.1, 0.15) is 30.4 Å². The number of carbonyl (C=O) groups is 3. The lowest BCUT2D eigenvalue weighted by molar-refractivity contribution is -0.146. The van der Waals surface area contributed by atoms with Gasteiger partial charge in [0.1, 0.15) is 18.0 Å². The van der Waals surface area contributed by atoms with Crippen molar-refractivity contribution in [1.29, 1.82) is 5.41 Å². The van der Waals surface area contributed by atoms with E-state index in [-0.39, 0.29) is 24.6 Å². The summed E-state index contributed by atoms with van der Waals surface area (Å²) in [6.45, 7) is 1.17. The van der Waals surface area contributed by atoms with Gasteiger partial charge < -0.3 is 25.5 Å². The number of nitrogens with one attached hydrogen (secondary N) is 2. The van der Waals surface area contributed by atoms with Crippen LogP contribution < -0.4 is 11.1 Å². The number of carbonyl (C=O) groups excluding carboxylic acids is 3. The number of oxime groups is 1. The first-order chi connectivity index (χ1) is 15.4. The van der Waals surface area contributed by atoms with Gasteiger partial charge in [-0.3, -0.25) is 19.8 Å². The van der Waals surface area contributed by atoms with Gasteiger partial charge in [-0.05, 0) is 5.56 Å². The first-order valence-electron chi connectivity index (χ1n) is 10.3. The number of nitrogens with two attached hydrogens (primary N) is 1. The highest BCUT2D eigenvalue weighted by Gasteiger charge is 2.31. The number of amidine groups is 1. The Morgan fingerprint density at radius 2 is 2.00 bits per heavy atom. The van der Waals surface area contributed by atoms with Crippen LogP contribution in [0.15, 0.2) is 29.4 Å². The van der Waals surface area contributed by atoms with E-state index in [0.717, 1.165) is 17.1 Å². The first-order valence-corrected chi connectivity index (χ1v) is 11.4. The van der Waals surface area contributed by atoms with Crippen molar-refractivity contribution in [2.24, 2.45) is 10.9 Å². The highest BCUT2D eigenvalue weighted by molar-refractivity contribution is 7.99. The van der Waals surface area contributed by atoms with E-state index in [4.69, 9.17) is 20.7 Å². The third kappa shape index (κ3) is 6.22. The van der Waals surface area contributed by atoms with Gasteiger partial charge in [-0.15, -0.1) is 0 Å². The van der Waals surface area contributed by atoms with Crippen molar-refractivity contribution in [3.8, 4) is 0 Å². The predicted octanol–water partition coefficient (Wildman–Crippen LogP) is 0.477. The molecule has 32 heavy (non-hydrogen) atoms. The Labute approximate surface area is 190 Å². The molecule has 1 fully saturated rings. The number of rotatable bonds is 8. The van der Waals surface area contributed by atoms with Crippen LogP contribution in [0.4, 0.5) is 0 Å². The Hall–Kier alpha value is -3.08. The maximum Gasteiger partial charge on any atom is 0.308 e. The zero-order chi connectivity index (χ0) is 23.1. The van der Waals surface area contributed by atoms with Crippen molar-refractivity contribution in [3.05, 3.63) is 35.4 Å². The highest BCUT2D eigenvalue weighted by Crippen LogP contribution is 2.20. The van der Waals surface area contributed by atoms with E-state index in [2.05, 4.69) is 10.5 Å². The summed E-state index contributed by atoms with van der Waals surface area (Å²) in [6, 6.07) is 6.07. The molecule has 2 amide bonds. The fourth-order valence-corrected chi connectivity index (χ4v) is 4.37. The Balaban J connectivity index is 1.55. The van der Waals surface area contributed by atoms with E-state index in [1.807, 2.05) is 0 Å². The van der Waals surface area contributed by atoms with E-state index in [0.29, 0.717) is 30.8 Å². The normalized spacial score (nSPS) is 18.8. The second-order valence-corrected chi connectivity index (χ2v) is 8.73. The Kier molecular flexibility index (Phi) is 8.09. The topological polar surface area (TPSA) is 147 Å². The molecule has 10 nitrogen and oxygen atoms in total. The molecule has 0 aromatic heterocycles. The van der Waals surface area contributed by atoms with Gasteiger partial charge in [0.25, 0.3) is 0 Å². The summed E-state index contributed by atoms with van der Waals surface area (Å²) in [5, 5.41) is 14.2. The van der Waals surface area contributed by atoms with Gasteiger partial charge in [-0.2, -0.15) is 11.8 Å². The van der Waals surface area contributed by atoms with Crippen molar-refractivity contribution in [3.63, 3.8) is 0 Å². The molecule has 1 aromatic rings. The summed E-state index contributed by atoms with van der Waals surface area (Å²) >= 11 is 1.76. The smallest absolute Gasteiger partial charge is 0.308 e. The lowest BCUT2D eigenvalue weighted by Crippen LogP contribution is -2.52. The van der Waals surface area contributed by atoms with Gasteiger partial charge >= 0.3 is 5.97 Å². The van der Waals surface area contributed by atoms with Gasteiger partial charge in [0.15, 0.2) is 0 Å². The molecule has 3 rings (SSSR count). The molecule has 2 heterocycles. The Bertz CT molecular complexity index is 898. The Morgan fingerprint density at radius 1 is 1.31 bits per heavy atom. The quantitative estimate of drug-likeness (QED) is 0.290. The fraction of sp³-hybridized carbons (Fsp3) is 0.476. The van der Waals surface area contributed by atoms with Crippen LogP contribution >= 0.6 is 11.8 Å². The molecular formula is C21H27N5O5S. The lowest BCUT2D eigenvalue weighted by Gasteiger charge is -2.30. The zero-order valence-corrected chi connectivity index (χ0v) is 18.7. The second kappa shape index (κ2) is 11.0. The monoisotopic (exact) mass is 461 g/mol. The molecule has 2 aliphatic heterocycles. The molecule has 0 saturated carbocycles. The number of esters is 1. The van der Waals surface area contributed by atoms with Gasteiger partial charge in [0.05, 0.1) is 25.7 Å². The summed E-state index contributed by atoms with van der Waals surface area (Å²) in [7, 11) is 1.25. The largest absolute Gasteiger partial charge is 0.469 e. The molecule has 172 valence electrons. The third-order valence-corrected chi connectivity index (χ3v) is 6.17. The minimum atomic E-state index is -0.973. The summed E-state index contributed by atoms with van der Waals surface area (Å²) in [4.78, 5) is 44.3. The SMILES string of the molecule is COC(=O)C[C@H](NC(=O)CC1CC(c2ccc(C(=N)N)cc2)=NO1)C(=O)N1CCSCC1. The maximum absolute atomic E-state index is 12.9. The van der Waals surface area contributed by atoms with E-state index >= 15 is 0 Å². The fourth-order valence-electron chi connectivity index (χ4n) is 3.46. The van der Waals surface area contributed by atoms with E-state index in [1.54, 1.807) is 40.9 Å². The van der Waals surface area contributed by atoms with Crippen LogP contribution in [-0.4, -0.2) is 78.1 Å². The van der Waals surface area contributed by atoms with E-state index < -0.39 is 24.0 Å². The molecule has 0 spiro atoms. The van der Waals surface area contributed by atoms with E-state index in [1.165, 1.54) is 7.11 Å². The number of amides is 2. The molecule has 2 atom stereocenters. The van der Waals surface area contributed by atoms with Gasteiger partial charge in [-0.1, -0.05) is 29.4 Å². The minimum absolute atomic E-state index is 0.000661. The summed E-state index contributed by atoms with van der Waals surface area (Å²) in [5.41, 5.74) is 7.58. The van der Waals surface area contributed by atoms with Gasteiger partial charge in [-0.25, -0.2) is 0 Å². The van der Waals surface area contributed by atoms with Crippen molar-refractivity contribution >= 4 is 41.1 Å². The van der Waals surface area contributed by atoms with Crippen LogP contribution in [-0.2, 0) is 24.0 Å². The molecule has 2 aliphatic rings. The average molecular weight is 462 g/mol. The van der Waals surface area contributed by atoms with Crippen molar-refractivity contribution in [1.82, 2.24) is 10.2 Å². The number of hydrogen-bond donors (Lipinski definition) is 3. The number of nitrogen functional groups attached to an aromatic ring is 1. The van der Waals surface area contributed by atoms with E-state index in [9.17, 15) is 14.4 Å². The number of methoxy groups -OCH3 is 1. The van der Waals surface area contributed by atoms with Crippen molar-refractivity contribution < 1.29 is 24.0 Å². The van der Waals surface area contributed by atoms with Crippen LogP contribution in [0, 0.1) is 5.41 Å². The molecule has 11 heteroatoms. The van der Waals surface area contributed by atoms with Crippen LogP contribution in [0.2, 0.25) is 0 Å². The molecule has 1 aromatic carbocycles. The highest BCUT2D eigenvalue weighted by atomic mass is 32.2. The summed E-state index contributed by atoms with van der Waals surface area (Å²) in [5.74, 6) is 0.398. The summed E-state index contributed by atoms with van der Waals surface area (Å²) < 4.78 is 4.69. The number of ether oxygens (including phenoxy) is 1. The summed E-state index contributed by atoms with van der Waals surface area (Å²) in [6.07, 6.45) is -0.274. The number of nitrogens with zero attached hydrogens (tertiary/aromatic N) is 2. The van der Waals surface area contributed by atoms with Crippen molar-refractivity contribution in [2.45, 2.75) is 31.4 Å². The number of hydrogen-bond acceptors (Lipinski definition) is 8. The third-order valence-electron chi connectivity index (χ3n) is 5.23. The zero-order valence-electron chi connectivity index (χ0n) is 17.8. The minimum Gasteiger partial charge on any atom is -0.469 e. The first kappa shape index (κ1) is 23.6. The number of benzene rings is 1. The van der Waals surface area contributed by atoms with Gasteiger partial charge in [0, 0.05) is 36.6 Å². The van der Waals surface area contributed by atoms with Crippen LogP contribution in [0.5, 0.6) is 0 Å². The lowest BCUT2D eigenvalue weighted by atomic mass is 10.0. The Morgan fingerprint density at radius 3 is 2.62 bits per heavy atom. The molecule has 1 unspecified atom stereocenters. The standard InChI is InChI=1S/C21H27N5O5S/c1-30-19(28)12-17(21(29)26-6-8-32-9-7-26)24-18(27)11-15-10-16(25-31-15)13-2-4-14(5-3-13)20(22)23/h2-5,15,17H,6-12H2,1H3,(H3,22,23)(H,24,27)/t15?,17-/m0/s1. The van der Waals surface area contributed by atoms with Crippen molar-refractivity contribution in [2.75, 3.05) is 31.7 Å². The molecule has 0 radical (unpaired) electrons. The average Bonchev–Trinajstić information content (AvgIpc) is 3.26. The predicted molar refractivity (Wildman–Crippen MR) is 121 cm³/mol. The number of thioether (sulfide) groups is 1. The molecule has 1 saturated heterocycles. The second-order valence-electron chi connectivity index (χ2n) is 7.50. The molecule has 0 bridgehead atoms. The van der Waals surface area contributed by atoms with Gasteiger partial charge in [0.2, 0.25) is 11.8 Å². The molecular weight excluding hydrogens is 434 g/mol. The molecule has 4 N–H and O–H groups in total. The van der Waals surface area contributed by atoms with Crippen LogP contribution in [0.25, 0.3) is 0 Å². The van der Waals surface area contributed by atoms with Crippen LogP contribution in [0.3, 0.4) is 0 Å². The molecule has 0 aliphatic carbocycles. The maximum atomic E-state index is 12.9.